The van der Waals surface area contributed by atoms with E-state index in [1.54, 1.807) is 23.4 Å². The van der Waals surface area contributed by atoms with Crippen molar-refractivity contribution >= 4 is 12.4 Å². The number of halogens is 2. The number of nitrogens with one attached hydrogen (secondary N) is 2. The second-order valence-electron chi connectivity index (χ2n) is 7.53. The van der Waals surface area contributed by atoms with Gasteiger partial charge in [0.25, 0.3) is 0 Å². The number of allylic oxidation sites excluding steroid dienone is 5. The highest BCUT2D eigenvalue weighted by atomic mass is 35.5. The number of ether oxygens (including phenoxy) is 1. The summed E-state index contributed by atoms with van der Waals surface area (Å²) in [6.07, 6.45) is 7.92. The van der Waals surface area contributed by atoms with E-state index in [0.717, 1.165) is 22.7 Å². The van der Waals surface area contributed by atoms with Gasteiger partial charge in [-0.15, -0.1) is 12.4 Å². The zero-order valence-electron chi connectivity index (χ0n) is 15.9. The van der Waals surface area contributed by atoms with Crippen molar-refractivity contribution in [2.75, 3.05) is 6.54 Å². The molecule has 0 amide bonds. The molecular formula is C21H25ClFN3O2. The van der Waals surface area contributed by atoms with Crippen LogP contribution in [0, 0.1) is 5.82 Å². The summed E-state index contributed by atoms with van der Waals surface area (Å²) in [6, 6.07) is 6.76. The normalized spacial score (nSPS) is 22.1. The molecule has 0 fully saturated rings. The van der Waals surface area contributed by atoms with Crippen molar-refractivity contribution in [3.05, 3.63) is 82.9 Å². The predicted molar refractivity (Wildman–Crippen MR) is 108 cm³/mol. The van der Waals surface area contributed by atoms with Crippen LogP contribution in [0.25, 0.3) is 0 Å². The third-order valence-corrected chi connectivity index (χ3v) is 5.09. The molecule has 3 aliphatic rings. The molecule has 3 N–H and O–H groups in total. The van der Waals surface area contributed by atoms with Crippen molar-refractivity contribution in [1.29, 1.82) is 0 Å². The molecule has 2 heterocycles. The Morgan fingerprint density at radius 2 is 2.14 bits per heavy atom. The van der Waals surface area contributed by atoms with E-state index in [2.05, 4.69) is 10.7 Å². The summed E-state index contributed by atoms with van der Waals surface area (Å²) in [6.45, 7) is 4.41. The number of nitrogens with zero attached hydrogens (tertiary/aromatic N) is 1. The van der Waals surface area contributed by atoms with Gasteiger partial charge >= 0.3 is 0 Å². The Hall–Kier alpha value is -2.28. The topological polar surface area (TPSA) is 56.8 Å². The minimum atomic E-state index is -0.793. The lowest BCUT2D eigenvalue weighted by atomic mass is 9.91. The van der Waals surface area contributed by atoms with Gasteiger partial charge in [-0.2, -0.15) is 0 Å². The maximum atomic E-state index is 13.9. The SMILES string of the molecule is CC1(C)NC2=C(C=C3OC=CC=C3C2)N(NCCc2ccccc2F)[C@@H]1O.Cl. The predicted octanol–water partition coefficient (Wildman–Crippen LogP) is 3.27. The number of benzene rings is 1. The lowest BCUT2D eigenvalue weighted by Gasteiger charge is -2.48. The Kier molecular flexibility index (Phi) is 5.84. The van der Waals surface area contributed by atoms with Crippen LogP contribution < -0.4 is 10.7 Å². The molecule has 0 radical (unpaired) electrons. The van der Waals surface area contributed by atoms with E-state index < -0.39 is 11.8 Å². The summed E-state index contributed by atoms with van der Waals surface area (Å²) in [5, 5.41) is 16.1. The Labute approximate surface area is 170 Å². The van der Waals surface area contributed by atoms with Gasteiger partial charge < -0.3 is 15.2 Å². The number of hydrazine groups is 1. The molecule has 0 saturated heterocycles. The summed E-state index contributed by atoms with van der Waals surface area (Å²) in [4.78, 5) is 0. The van der Waals surface area contributed by atoms with E-state index in [-0.39, 0.29) is 18.2 Å². The van der Waals surface area contributed by atoms with Gasteiger partial charge in [0.1, 0.15) is 11.6 Å². The van der Waals surface area contributed by atoms with E-state index in [4.69, 9.17) is 4.74 Å². The fraction of sp³-hybridized carbons (Fsp3) is 0.333. The smallest absolute Gasteiger partial charge is 0.163 e. The molecule has 0 bridgehead atoms. The largest absolute Gasteiger partial charge is 0.465 e. The highest BCUT2D eigenvalue weighted by Crippen LogP contribution is 2.36. The molecule has 0 unspecified atom stereocenters. The van der Waals surface area contributed by atoms with E-state index in [1.807, 2.05) is 38.1 Å². The molecule has 0 saturated carbocycles. The molecule has 0 spiro atoms. The highest BCUT2D eigenvalue weighted by molar-refractivity contribution is 5.85. The minimum absolute atomic E-state index is 0. The fourth-order valence-electron chi connectivity index (χ4n) is 3.61. The first-order chi connectivity index (χ1) is 13.0. The molecule has 1 aromatic carbocycles. The van der Waals surface area contributed by atoms with Crippen molar-refractivity contribution < 1.29 is 14.2 Å². The molecule has 1 aliphatic carbocycles. The molecule has 1 aromatic rings. The van der Waals surface area contributed by atoms with Gasteiger partial charge in [0.2, 0.25) is 0 Å². The zero-order chi connectivity index (χ0) is 19.0. The van der Waals surface area contributed by atoms with Crippen LogP contribution in [0.15, 0.2) is 71.5 Å². The average Bonchev–Trinajstić information content (AvgIpc) is 2.65. The van der Waals surface area contributed by atoms with Crippen LogP contribution in [0.1, 0.15) is 25.8 Å². The lowest BCUT2D eigenvalue weighted by molar-refractivity contribution is -0.0691. The van der Waals surface area contributed by atoms with E-state index in [1.165, 1.54) is 6.07 Å². The maximum Gasteiger partial charge on any atom is 0.163 e. The quantitative estimate of drug-likeness (QED) is 0.717. The molecule has 1 atom stereocenters. The molecule has 28 heavy (non-hydrogen) atoms. The van der Waals surface area contributed by atoms with Crippen LogP contribution >= 0.6 is 12.4 Å². The molecule has 2 aliphatic heterocycles. The number of fused-ring (bicyclic) bond motifs is 1. The van der Waals surface area contributed by atoms with Crippen molar-refractivity contribution in [1.82, 2.24) is 15.8 Å². The van der Waals surface area contributed by atoms with Crippen LogP contribution in [0.4, 0.5) is 4.39 Å². The van der Waals surface area contributed by atoms with Crippen LogP contribution in [0.3, 0.4) is 0 Å². The van der Waals surface area contributed by atoms with Crippen molar-refractivity contribution in [3.63, 3.8) is 0 Å². The second kappa shape index (κ2) is 7.99. The van der Waals surface area contributed by atoms with Crippen LogP contribution in [-0.2, 0) is 11.2 Å². The van der Waals surface area contributed by atoms with Gasteiger partial charge in [-0.05, 0) is 38.0 Å². The first kappa shape index (κ1) is 20.5. The number of aliphatic hydroxyl groups excluding tert-OH is 1. The van der Waals surface area contributed by atoms with Crippen LogP contribution in [0.5, 0.6) is 0 Å². The Balaban J connectivity index is 0.00000225. The monoisotopic (exact) mass is 405 g/mol. The number of hydrogen-bond donors (Lipinski definition) is 3. The maximum absolute atomic E-state index is 13.9. The lowest BCUT2D eigenvalue weighted by Crippen LogP contribution is -2.64. The minimum Gasteiger partial charge on any atom is -0.465 e. The molecular weight excluding hydrogens is 381 g/mol. The van der Waals surface area contributed by atoms with Gasteiger partial charge in [-0.3, -0.25) is 5.01 Å². The van der Waals surface area contributed by atoms with E-state index in [0.29, 0.717) is 24.9 Å². The van der Waals surface area contributed by atoms with Gasteiger partial charge in [0.15, 0.2) is 6.23 Å². The standard InChI is InChI=1S/C21H24FN3O2.ClH/c1-21(2)20(26)25(23-10-9-14-6-3-4-8-16(14)22)18-13-19-15(7-5-11-27-19)12-17(18)24-21;/h3-8,11,13,20,23-24,26H,9-10,12H2,1-2H3;1H/t20-;/m1./s1. The number of rotatable bonds is 4. The van der Waals surface area contributed by atoms with Crippen molar-refractivity contribution in [2.45, 2.75) is 38.5 Å². The molecule has 4 rings (SSSR count). The summed E-state index contributed by atoms with van der Waals surface area (Å²) in [5.74, 6) is 0.572. The molecule has 5 nitrogen and oxygen atoms in total. The zero-order valence-corrected chi connectivity index (χ0v) is 16.7. The highest BCUT2D eigenvalue weighted by Gasteiger charge is 2.41. The van der Waals surface area contributed by atoms with Crippen molar-refractivity contribution in [2.24, 2.45) is 0 Å². The third kappa shape index (κ3) is 3.81. The number of hydrogen-bond acceptors (Lipinski definition) is 5. The van der Waals surface area contributed by atoms with E-state index in [9.17, 15) is 9.50 Å². The van der Waals surface area contributed by atoms with Crippen LogP contribution in [0.2, 0.25) is 0 Å². The van der Waals surface area contributed by atoms with Gasteiger partial charge in [0.05, 0.1) is 17.5 Å². The third-order valence-electron chi connectivity index (χ3n) is 5.09. The van der Waals surface area contributed by atoms with E-state index >= 15 is 0 Å². The first-order valence-corrected chi connectivity index (χ1v) is 9.16. The number of aliphatic hydroxyl groups is 1. The van der Waals surface area contributed by atoms with Crippen LogP contribution in [-0.4, -0.2) is 28.4 Å². The Morgan fingerprint density at radius 3 is 2.93 bits per heavy atom. The second-order valence-corrected chi connectivity index (χ2v) is 7.53. The molecule has 7 heteroatoms. The molecule has 0 aromatic heterocycles. The fourth-order valence-corrected chi connectivity index (χ4v) is 3.61. The van der Waals surface area contributed by atoms with Gasteiger partial charge in [-0.1, -0.05) is 24.3 Å². The van der Waals surface area contributed by atoms with Crippen molar-refractivity contribution in [3.8, 4) is 0 Å². The summed E-state index contributed by atoms with van der Waals surface area (Å²) < 4.78 is 19.5. The Morgan fingerprint density at radius 1 is 1.36 bits per heavy atom. The Bertz CT molecular complexity index is 876. The first-order valence-electron chi connectivity index (χ1n) is 9.16. The average molecular weight is 406 g/mol. The van der Waals surface area contributed by atoms with Gasteiger partial charge in [0, 0.05) is 30.3 Å². The van der Waals surface area contributed by atoms with Gasteiger partial charge in [-0.25, -0.2) is 9.82 Å². The summed E-state index contributed by atoms with van der Waals surface area (Å²) in [5.41, 5.74) is 6.36. The molecule has 150 valence electrons. The summed E-state index contributed by atoms with van der Waals surface area (Å²) >= 11 is 0. The summed E-state index contributed by atoms with van der Waals surface area (Å²) in [7, 11) is 0.